The standard InChI is InChI=1S/C15H14F2N4/c16-10-6-5-9(7-11(10)17)8-15(19)14(18)20-12-3-1-2-4-13(12)21-15/h1-7,14H,8,18-19H2. The van der Waals surface area contributed by atoms with Crippen molar-refractivity contribution in [1.29, 1.82) is 0 Å². The van der Waals surface area contributed by atoms with E-state index in [0.717, 1.165) is 12.1 Å². The summed E-state index contributed by atoms with van der Waals surface area (Å²) in [5, 5.41) is 1.32. The molecule has 0 aromatic heterocycles. The molecule has 2 aromatic rings. The number of hydrogen-bond donors (Lipinski definition) is 2. The molecule has 2 aromatic carbocycles. The largest absolute Gasteiger partial charge is 0.307 e. The second-order valence-electron chi connectivity index (χ2n) is 5.09. The fraction of sp³-hybridized carbons (Fsp3) is 0.200. The van der Waals surface area contributed by atoms with E-state index < -0.39 is 23.5 Å². The minimum Gasteiger partial charge on any atom is -0.307 e. The highest BCUT2D eigenvalue weighted by molar-refractivity contribution is 5.22. The highest BCUT2D eigenvalue weighted by Crippen LogP contribution is 2.19. The first-order chi connectivity index (χ1) is 9.98. The molecule has 108 valence electrons. The first kappa shape index (κ1) is 13.8. The molecule has 0 aliphatic carbocycles. The summed E-state index contributed by atoms with van der Waals surface area (Å²) < 4.78 is 26.3. The number of nitrogens with zero attached hydrogens (tertiary/aromatic N) is 2. The lowest BCUT2D eigenvalue weighted by molar-refractivity contribution is 0.338. The van der Waals surface area contributed by atoms with Gasteiger partial charge < -0.3 is 11.5 Å². The number of benzene rings is 2. The summed E-state index contributed by atoms with van der Waals surface area (Å²) in [6, 6.07) is 10.9. The second kappa shape index (κ2) is 4.98. The Labute approximate surface area is 119 Å². The van der Waals surface area contributed by atoms with Gasteiger partial charge in [0.1, 0.15) is 11.8 Å². The molecule has 0 amide bonds. The molecule has 2 unspecified atom stereocenters. The maximum atomic E-state index is 13.3. The van der Waals surface area contributed by atoms with Gasteiger partial charge in [-0.05, 0) is 29.8 Å². The number of halogens is 2. The van der Waals surface area contributed by atoms with Crippen LogP contribution in [0.2, 0.25) is 0 Å². The van der Waals surface area contributed by atoms with E-state index in [1.807, 2.05) is 12.1 Å². The highest BCUT2D eigenvalue weighted by atomic mass is 19.2. The van der Waals surface area contributed by atoms with E-state index in [4.69, 9.17) is 11.5 Å². The van der Waals surface area contributed by atoms with Crippen LogP contribution in [0.25, 0.3) is 0 Å². The van der Waals surface area contributed by atoms with Gasteiger partial charge >= 0.3 is 0 Å². The van der Waals surface area contributed by atoms with E-state index >= 15 is 0 Å². The molecule has 0 radical (unpaired) electrons. The van der Waals surface area contributed by atoms with E-state index in [2.05, 4.69) is 9.98 Å². The van der Waals surface area contributed by atoms with Crippen LogP contribution < -0.4 is 22.2 Å². The van der Waals surface area contributed by atoms with Crippen molar-refractivity contribution >= 4 is 0 Å². The molecule has 1 aliphatic rings. The lowest BCUT2D eigenvalue weighted by Crippen LogP contribution is -2.59. The molecule has 0 fully saturated rings. The predicted octanol–water partition coefficient (Wildman–Crippen LogP) is 0.400. The Balaban J connectivity index is 2.01. The van der Waals surface area contributed by atoms with Gasteiger partial charge in [0.05, 0.1) is 10.7 Å². The highest BCUT2D eigenvalue weighted by Gasteiger charge is 2.34. The Morgan fingerprint density at radius 1 is 1.05 bits per heavy atom. The summed E-state index contributed by atoms with van der Waals surface area (Å²) in [5.74, 6) is -1.82. The summed E-state index contributed by atoms with van der Waals surface area (Å²) in [4.78, 5) is 8.77. The third-order valence-electron chi connectivity index (χ3n) is 3.47. The zero-order valence-corrected chi connectivity index (χ0v) is 11.1. The number of rotatable bonds is 2. The van der Waals surface area contributed by atoms with Crippen LogP contribution in [0.1, 0.15) is 5.56 Å². The minimum absolute atomic E-state index is 0.170. The van der Waals surface area contributed by atoms with Crippen LogP contribution >= 0.6 is 0 Å². The lowest BCUT2D eigenvalue weighted by atomic mass is 9.97. The summed E-state index contributed by atoms with van der Waals surface area (Å²) in [6.45, 7) is 0. The molecule has 21 heavy (non-hydrogen) atoms. The fourth-order valence-corrected chi connectivity index (χ4v) is 2.34. The van der Waals surface area contributed by atoms with E-state index in [0.29, 0.717) is 16.3 Å². The second-order valence-corrected chi connectivity index (χ2v) is 5.09. The van der Waals surface area contributed by atoms with Gasteiger partial charge in [-0.25, -0.2) is 8.78 Å². The Morgan fingerprint density at radius 3 is 2.48 bits per heavy atom. The number of fused-ring (bicyclic) bond motifs is 1. The van der Waals surface area contributed by atoms with Crippen molar-refractivity contribution in [1.82, 2.24) is 0 Å². The zero-order chi connectivity index (χ0) is 15.0. The summed E-state index contributed by atoms with van der Waals surface area (Å²) in [7, 11) is 0. The summed E-state index contributed by atoms with van der Waals surface area (Å²) >= 11 is 0. The third kappa shape index (κ3) is 2.55. The normalized spacial score (nSPS) is 23.9. The van der Waals surface area contributed by atoms with Gasteiger partial charge in [0.2, 0.25) is 0 Å². The van der Waals surface area contributed by atoms with Crippen LogP contribution in [0.15, 0.2) is 52.4 Å². The fourth-order valence-electron chi connectivity index (χ4n) is 2.34. The van der Waals surface area contributed by atoms with Crippen molar-refractivity contribution in [2.75, 3.05) is 0 Å². The average Bonchev–Trinajstić information content (AvgIpc) is 2.44. The van der Waals surface area contributed by atoms with Crippen LogP contribution in [-0.4, -0.2) is 11.8 Å². The molecule has 4 nitrogen and oxygen atoms in total. The SMILES string of the molecule is NC1N=c2ccccc2=NC1(N)Cc1ccc(F)c(F)c1. The van der Waals surface area contributed by atoms with E-state index in [9.17, 15) is 8.78 Å². The number of para-hydroxylation sites is 2. The Hall–Kier alpha value is -2.18. The number of hydrogen-bond acceptors (Lipinski definition) is 4. The van der Waals surface area contributed by atoms with Crippen LogP contribution in [0.3, 0.4) is 0 Å². The van der Waals surface area contributed by atoms with Crippen molar-refractivity contribution in [3.8, 4) is 0 Å². The van der Waals surface area contributed by atoms with Crippen molar-refractivity contribution < 1.29 is 8.78 Å². The monoisotopic (exact) mass is 288 g/mol. The summed E-state index contributed by atoms with van der Waals surface area (Å²) in [6.07, 6.45) is -0.580. The van der Waals surface area contributed by atoms with Crippen molar-refractivity contribution in [3.05, 3.63) is 70.4 Å². The van der Waals surface area contributed by atoms with Crippen LogP contribution in [0.5, 0.6) is 0 Å². The van der Waals surface area contributed by atoms with Gasteiger partial charge in [0.25, 0.3) is 0 Å². The van der Waals surface area contributed by atoms with Crippen LogP contribution in [0.4, 0.5) is 8.78 Å². The first-order valence-corrected chi connectivity index (χ1v) is 6.49. The van der Waals surface area contributed by atoms with Crippen molar-refractivity contribution in [3.63, 3.8) is 0 Å². The van der Waals surface area contributed by atoms with Gasteiger partial charge in [-0.1, -0.05) is 18.2 Å². The van der Waals surface area contributed by atoms with Gasteiger partial charge in [-0.15, -0.1) is 0 Å². The van der Waals surface area contributed by atoms with E-state index in [1.54, 1.807) is 12.1 Å². The van der Waals surface area contributed by atoms with Gasteiger partial charge in [-0.3, -0.25) is 9.98 Å². The molecular weight excluding hydrogens is 274 g/mol. The molecule has 1 aliphatic heterocycles. The average molecular weight is 288 g/mol. The van der Waals surface area contributed by atoms with Gasteiger partial charge in [0.15, 0.2) is 11.6 Å². The molecule has 0 saturated heterocycles. The Morgan fingerprint density at radius 2 is 1.76 bits per heavy atom. The molecule has 3 rings (SSSR count). The molecule has 0 bridgehead atoms. The van der Waals surface area contributed by atoms with Gasteiger partial charge in [-0.2, -0.15) is 0 Å². The molecule has 2 atom stereocenters. The van der Waals surface area contributed by atoms with Crippen LogP contribution in [0, 0.1) is 11.6 Å². The molecule has 1 heterocycles. The smallest absolute Gasteiger partial charge is 0.159 e. The maximum Gasteiger partial charge on any atom is 0.159 e. The van der Waals surface area contributed by atoms with Crippen molar-refractivity contribution in [2.45, 2.75) is 18.2 Å². The molecule has 0 spiro atoms. The topological polar surface area (TPSA) is 76.8 Å². The van der Waals surface area contributed by atoms with E-state index in [1.165, 1.54) is 6.07 Å². The Kier molecular flexibility index (Phi) is 3.27. The van der Waals surface area contributed by atoms with E-state index in [-0.39, 0.29) is 6.42 Å². The minimum atomic E-state index is -1.18. The molecule has 6 heteroatoms. The number of nitrogens with two attached hydrogens (primary N) is 2. The molecule has 4 N–H and O–H groups in total. The van der Waals surface area contributed by atoms with Crippen molar-refractivity contribution in [2.24, 2.45) is 21.5 Å². The quantitative estimate of drug-likeness (QED) is 0.839. The first-order valence-electron chi connectivity index (χ1n) is 6.49. The van der Waals surface area contributed by atoms with Crippen LogP contribution in [-0.2, 0) is 6.42 Å². The third-order valence-corrected chi connectivity index (χ3v) is 3.47. The Bertz CT molecular complexity index is 806. The molecular formula is C15H14F2N4. The maximum absolute atomic E-state index is 13.3. The lowest BCUT2D eigenvalue weighted by Gasteiger charge is -2.31. The molecule has 0 saturated carbocycles. The predicted molar refractivity (Wildman–Crippen MR) is 73.7 cm³/mol. The zero-order valence-electron chi connectivity index (χ0n) is 11.1. The van der Waals surface area contributed by atoms with Gasteiger partial charge in [0, 0.05) is 6.42 Å². The summed E-state index contributed by atoms with van der Waals surface area (Å²) in [5.41, 5.74) is 11.6.